The molecule has 1 aromatic carbocycles. The van der Waals surface area contributed by atoms with E-state index in [1.807, 2.05) is 6.92 Å². The Bertz CT molecular complexity index is 552. The van der Waals surface area contributed by atoms with Crippen LogP contribution in [0.3, 0.4) is 0 Å². The molecular formula is C13H15FN4. The van der Waals surface area contributed by atoms with Crippen LogP contribution in [-0.2, 0) is 6.42 Å². The largest absolute Gasteiger partial charge is 0.383 e. The molecule has 0 aliphatic rings. The SMILES string of the molecule is CCCc1nc(N)nc(N)c1-c1ccc(F)cc1. The monoisotopic (exact) mass is 246 g/mol. The summed E-state index contributed by atoms with van der Waals surface area (Å²) in [6, 6.07) is 6.11. The molecule has 18 heavy (non-hydrogen) atoms. The van der Waals surface area contributed by atoms with Crippen molar-refractivity contribution in [3.05, 3.63) is 35.8 Å². The molecule has 0 radical (unpaired) electrons. The van der Waals surface area contributed by atoms with Gasteiger partial charge in [-0.1, -0.05) is 25.5 Å². The number of hydrogen-bond donors (Lipinski definition) is 2. The number of nitrogens with two attached hydrogens (primary N) is 2. The third kappa shape index (κ3) is 2.40. The van der Waals surface area contributed by atoms with E-state index in [9.17, 15) is 4.39 Å². The maximum absolute atomic E-state index is 12.9. The minimum absolute atomic E-state index is 0.168. The summed E-state index contributed by atoms with van der Waals surface area (Å²) < 4.78 is 12.9. The van der Waals surface area contributed by atoms with Gasteiger partial charge in [0.25, 0.3) is 0 Å². The summed E-state index contributed by atoms with van der Waals surface area (Å²) in [5.41, 5.74) is 13.8. The summed E-state index contributed by atoms with van der Waals surface area (Å²) in [7, 11) is 0. The number of aryl methyl sites for hydroxylation is 1. The van der Waals surface area contributed by atoms with Gasteiger partial charge in [-0.05, 0) is 24.1 Å². The predicted octanol–water partition coefficient (Wildman–Crippen LogP) is 2.40. The number of rotatable bonds is 3. The number of aromatic nitrogens is 2. The van der Waals surface area contributed by atoms with Crippen LogP contribution < -0.4 is 11.5 Å². The molecule has 0 aliphatic heterocycles. The van der Waals surface area contributed by atoms with Crippen LogP contribution in [0.1, 0.15) is 19.0 Å². The number of anilines is 2. The zero-order chi connectivity index (χ0) is 13.1. The van der Waals surface area contributed by atoms with Crippen molar-refractivity contribution in [3.63, 3.8) is 0 Å². The van der Waals surface area contributed by atoms with E-state index in [0.29, 0.717) is 5.82 Å². The molecule has 0 saturated heterocycles. The van der Waals surface area contributed by atoms with Gasteiger partial charge >= 0.3 is 0 Å². The van der Waals surface area contributed by atoms with Crippen molar-refractivity contribution >= 4 is 11.8 Å². The predicted molar refractivity (Wildman–Crippen MR) is 70.2 cm³/mol. The molecule has 0 amide bonds. The second-order valence-corrected chi connectivity index (χ2v) is 4.05. The van der Waals surface area contributed by atoms with E-state index in [4.69, 9.17) is 11.5 Å². The summed E-state index contributed by atoms with van der Waals surface area (Å²) >= 11 is 0. The van der Waals surface area contributed by atoms with Gasteiger partial charge in [0.15, 0.2) is 0 Å². The van der Waals surface area contributed by atoms with Crippen LogP contribution in [0.2, 0.25) is 0 Å². The van der Waals surface area contributed by atoms with Crippen LogP contribution in [0.25, 0.3) is 11.1 Å². The van der Waals surface area contributed by atoms with Crippen LogP contribution >= 0.6 is 0 Å². The average Bonchev–Trinajstić information content (AvgIpc) is 2.31. The van der Waals surface area contributed by atoms with Crippen molar-refractivity contribution in [2.45, 2.75) is 19.8 Å². The molecule has 4 nitrogen and oxygen atoms in total. The normalized spacial score (nSPS) is 10.6. The van der Waals surface area contributed by atoms with Crippen LogP contribution in [-0.4, -0.2) is 9.97 Å². The van der Waals surface area contributed by atoms with Gasteiger partial charge in [0.1, 0.15) is 11.6 Å². The van der Waals surface area contributed by atoms with Crippen molar-refractivity contribution in [1.82, 2.24) is 9.97 Å². The lowest BCUT2D eigenvalue weighted by Crippen LogP contribution is -2.06. The molecule has 0 atom stereocenters. The Labute approximate surface area is 105 Å². The van der Waals surface area contributed by atoms with Gasteiger partial charge in [-0.25, -0.2) is 9.37 Å². The van der Waals surface area contributed by atoms with E-state index in [1.165, 1.54) is 12.1 Å². The Morgan fingerprint density at radius 3 is 2.39 bits per heavy atom. The quantitative estimate of drug-likeness (QED) is 0.871. The molecule has 0 unspecified atom stereocenters. The second kappa shape index (κ2) is 5.00. The van der Waals surface area contributed by atoms with Crippen molar-refractivity contribution in [1.29, 1.82) is 0 Å². The first kappa shape index (κ1) is 12.3. The van der Waals surface area contributed by atoms with E-state index in [1.54, 1.807) is 12.1 Å². The summed E-state index contributed by atoms with van der Waals surface area (Å²) in [6.45, 7) is 2.04. The van der Waals surface area contributed by atoms with Crippen molar-refractivity contribution in [3.8, 4) is 11.1 Å². The Morgan fingerprint density at radius 2 is 1.78 bits per heavy atom. The number of benzene rings is 1. The lowest BCUT2D eigenvalue weighted by atomic mass is 10.0. The van der Waals surface area contributed by atoms with Gasteiger partial charge in [-0.15, -0.1) is 0 Å². The van der Waals surface area contributed by atoms with Gasteiger partial charge in [0, 0.05) is 5.56 Å². The molecule has 0 fully saturated rings. The fourth-order valence-electron chi connectivity index (χ4n) is 1.90. The summed E-state index contributed by atoms with van der Waals surface area (Å²) in [6.07, 6.45) is 1.67. The smallest absolute Gasteiger partial charge is 0.222 e. The van der Waals surface area contributed by atoms with Crippen LogP contribution in [0.4, 0.5) is 16.2 Å². The van der Waals surface area contributed by atoms with Gasteiger partial charge in [0.05, 0.1) is 5.69 Å². The highest BCUT2D eigenvalue weighted by molar-refractivity contribution is 5.76. The van der Waals surface area contributed by atoms with E-state index in [0.717, 1.165) is 29.7 Å². The molecule has 94 valence electrons. The van der Waals surface area contributed by atoms with Crippen molar-refractivity contribution < 1.29 is 4.39 Å². The molecule has 0 spiro atoms. The van der Waals surface area contributed by atoms with E-state index < -0.39 is 0 Å². The van der Waals surface area contributed by atoms with Gasteiger partial charge in [-0.3, -0.25) is 0 Å². The molecule has 1 heterocycles. The lowest BCUT2D eigenvalue weighted by molar-refractivity contribution is 0.628. The van der Waals surface area contributed by atoms with E-state index in [-0.39, 0.29) is 11.8 Å². The average molecular weight is 246 g/mol. The first-order valence-electron chi connectivity index (χ1n) is 5.79. The highest BCUT2D eigenvalue weighted by atomic mass is 19.1. The van der Waals surface area contributed by atoms with Crippen molar-refractivity contribution in [2.24, 2.45) is 0 Å². The maximum Gasteiger partial charge on any atom is 0.222 e. The summed E-state index contributed by atoms with van der Waals surface area (Å²) in [5.74, 6) is 0.213. The van der Waals surface area contributed by atoms with Crippen molar-refractivity contribution in [2.75, 3.05) is 11.5 Å². The fourth-order valence-corrected chi connectivity index (χ4v) is 1.90. The Kier molecular flexibility index (Phi) is 3.41. The molecule has 4 N–H and O–H groups in total. The van der Waals surface area contributed by atoms with E-state index >= 15 is 0 Å². The summed E-state index contributed by atoms with van der Waals surface area (Å²) in [4.78, 5) is 8.18. The molecular weight excluding hydrogens is 231 g/mol. The zero-order valence-corrected chi connectivity index (χ0v) is 10.2. The number of nitrogen functional groups attached to an aromatic ring is 2. The third-order valence-corrected chi connectivity index (χ3v) is 2.65. The highest BCUT2D eigenvalue weighted by Crippen LogP contribution is 2.29. The van der Waals surface area contributed by atoms with Crippen LogP contribution in [0.5, 0.6) is 0 Å². The Morgan fingerprint density at radius 1 is 1.11 bits per heavy atom. The third-order valence-electron chi connectivity index (χ3n) is 2.65. The molecule has 2 aromatic rings. The van der Waals surface area contributed by atoms with Crippen LogP contribution in [0.15, 0.2) is 24.3 Å². The minimum atomic E-state index is -0.286. The second-order valence-electron chi connectivity index (χ2n) is 4.05. The zero-order valence-electron chi connectivity index (χ0n) is 10.2. The fraction of sp³-hybridized carbons (Fsp3) is 0.231. The first-order chi connectivity index (χ1) is 8.61. The van der Waals surface area contributed by atoms with Gasteiger partial charge in [-0.2, -0.15) is 4.98 Å². The lowest BCUT2D eigenvalue weighted by Gasteiger charge is -2.11. The molecule has 0 bridgehead atoms. The molecule has 0 aliphatic carbocycles. The molecule has 1 aromatic heterocycles. The Hall–Kier alpha value is -2.17. The molecule has 5 heteroatoms. The first-order valence-corrected chi connectivity index (χ1v) is 5.79. The van der Waals surface area contributed by atoms with Gasteiger partial charge < -0.3 is 11.5 Å². The molecule has 0 saturated carbocycles. The topological polar surface area (TPSA) is 77.8 Å². The van der Waals surface area contributed by atoms with Gasteiger partial charge in [0.2, 0.25) is 5.95 Å². The maximum atomic E-state index is 12.9. The number of hydrogen-bond acceptors (Lipinski definition) is 4. The summed E-state index contributed by atoms with van der Waals surface area (Å²) in [5, 5.41) is 0. The van der Waals surface area contributed by atoms with Crippen LogP contribution in [0, 0.1) is 5.82 Å². The Balaban J connectivity index is 2.57. The standard InChI is InChI=1S/C13H15FN4/c1-2-3-10-11(12(15)18-13(16)17-10)8-4-6-9(14)7-5-8/h4-7H,2-3H2,1H3,(H4,15,16,17,18). The number of nitrogens with zero attached hydrogens (tertiary/aromatic N) is 2. The number of halogens is 1. The highest BCUT2D eigenvalue weighted by Gasteiger charge is 2.12. The molecule has 2 rings (SSSR count). The van der Waals surface area contributed by atoms with E-state index in [2.05, 4.69) is 9.97 Å². The minimum Gasteiger partial charge on any atom is -0.383 e.